The van der Waals surface area contributed by atoms with Crippen LogP contribution in [0.4, 0.5) is 0 Å². The molecule has 2 aromatic rings. The Labute approximate surface area is 161 Å². The van der Waals surface area contributed by atoms with Crippen molar-refractivity contribution < 1.29 is 9.53 Å². The molecule has 1 N–H and O–H groups in total. The molecule has 6 heteroatoms. The number of pyridine rings is 1. The number of hydrogen-bond donors (Lipinski definition) is 1. The van der Waals surface area contributed by atoms with Crippen LogP contribution in [0.15, 0.2) is 48.8 Å². The van der Waals surface area contributed by atoms with Crippen LogP contribution in [0, 0.1) is 0 Å². The molecule has 0 bridgehead atoms. The lowest BCUT2D eigenvalue weighted by Gasteiger charge is -2.33. The maximum Gasteiger partial charge on any atom is 0.234 e. The monoisotopic (exact) mass is 368 g/mol. The van der Waals surface area contributed by atoms with E-state index < -0.39 is 0 Å². The molecule has 0 aliphatic carbocycles. The minimum Gasteiger partial charge on any atom is -0.497 e. The second kappa shape index (κ2) is 9.48. The molecule has 1 amide bonds. The number of carbonyl (C=O) groups excluding carboxylic acids is 1. The third kappa shape index (κ3) is 5.28. The van der Waals surface area contributed by atoms with Crippen molar-refractivity contribution in [2.45, 2.75) is 13.0 Å². The summed E-state index contributed by atoms with van der Waals surface area (Å²) in [5.41, 5.74) is 2.03. The topological polar surface area (TPSA) is 57.7 Å². The van der Waals surface area contributed by atoms with Crippen LogP contribution >= 0.6 is 0 Å². The summed E-state index contributed by atoms with van der Waals surface area (Å²) in [4.78, 5) is 21.5. The zero-order valence-corrected chi connectivity index (χ0v) is 16.1. The molecule has 0 saturated carbocycles. The van der Waals surface area contributed by atoms with Crippen LogP contribution in [-0.4, -0.2) is 67.1 Å². The molecule has 1 atom stereocenters. The van der Waals surface area contributed by atoms with Gasteiger partial charge in [-0.1, -0.05) is 19.1 Å². The first kappa shape index (κ1) is 19.3. The second-order valence-corrected chi connectivity index (χ2v) is 6.76. The Balaban J connectivity index is 1.68. The predicted molar refractivity (Wildman–Crippen MR) is 106 cm³/mol. The largest absolute Gasteiger partial charge is 0.497 e. The van der Waals surface area contributed by atoms with Crippen LogP contribution < -0.4 is 10.1 Å². The molecule has 144 valence electrons. The van der Waals surface area contributed by atoms with Gasteiger partial charge in [0.2, 0.25) is 5.91 Å². The number of nitrogens with one attached hydrogen (secondary N) is 1. The van der Waals surface area contributed by atoms with Gasteiger partial charge in [0, 0.05) is 38.6 Å². The lowest BCUT2D eigenvalue weighted by molar-refractivity contribution is -0.123. The van der Waals surface area contributed by atoms with Gasteiger partial charge in [-0.2, -0.15) is 0 Å². The average molecular weight is 368 g/mol. The first-order chi connectivity index (χ1) is 13.2. The molecule has 1 saturated heterocycles. The Kier molecular flexibility index (Phi) is 6.79. The summed E-state index contributed by atoms with van der Waals surface area (Å²) >= 11 is 0. The van der Waals surface area contributed by atoms with Gasteiger partial charge in [-0.05, 0) is 41.9 Å². The number of likely N-dealkylation sites (N-methyl/N-ethyl adjacent to an activating group) is 1. The van der Waals surface area contributed by atoms with Gasteiger partial charge in [-0.25, -0.2) is 0 Å². The van der Waals surface area contributed by atoms with Crippen molar-refractivity contribution in [1.29, 1.82) is 0 Å². The molecule has 1 aliphatic heterocycles. The third-order valence-electron chi connectivity index (χ3n) is 5.07. The van der Waals surface area contributed by atoms with Crippen molar-refractivity contribution in [2.75, 3.05) is 46.4 Å². The fourth-order valence-corrected chi connectivity index (χ4v) is 3.38. The molecule has 1 aromatic heterocycles. The van der Waals surface area contributed by atoms with Crippen molar-refractivity contribution in [3.63, 3.8) is 0 Å². The van der Waals surface area contributed by atoms with Crippen LogP contribution in [0.1, 0.15) is 24.1 Å². The smallest absolute Gasteiger partial charge is 0.234 e. The Hall–Kier alpha value is -2.44. The van der Waals surface area contributed by atoms with E-state index in [9.17, 15) is 4.79 Å². The number of amides is 1. The lowest BCUT2D eigenvalue weighted by Crippen LogP contribution is -2.49. The highest BCUT2D eigenvalue weighted by Gasteiger charge is 2.21. The SMILES string of the molecule is CCN1CCN(CC(=O)NC(c2ccncc2)c2ccc(OC)cc2)CC1. The number of carbonyl (C=O) groups is 1. The van der Waals surface area contributed by atoms with E-state index in [0.717, 1.165) is 49.6 Å². The van der Waals surface area contributed by atoms with E-state index in [1.807, 2.05) is 36.4 Å². The molecule has 1 fully saturated rings. The minimum absolute atomic E-state index is 0.0394. The molecule has 1 unspecified atom stereocenters. The summed E-state index contributed by atoms with van der Waals surface area (Å²) in [7, 11) is 1.65. The molecular weight excluding hydrogens is 340 g/mol. The van der Waals surface area contributed by atoms with Gasteiger partial charge in [-0.15, -0.1) is 0 Å². The fourth-order valence-electron chi connectivity index (χ4n) is 3.38. The Morgan fingerprint density at radius 3 is 2.22 bits per heavy atom. The first-order valence-corrected chi connectivity index (χ1v) is 9.47. The summed E-state index contributed by atoms with van der Waals surface area (Å²) in [6, 6.07) is 11.5. The van der Waals surface area contributed by atoms with Crippen molar-refractivity contribution >= 4 is 5.91 Å². The van der Waals surface area contributed by atoms with Gasteiger partial charge in [0.05, 0.1) is 19.7 Å². The Morgan fingerprint density at radius 1 is 1.04 bits per heavy atom. The van der Waals surface area contributed by atoms with E-state index in [4.69, 9.17) is 4.74 Å². The van der Waals surface area contributed by atoms with Crippen LogP contribution in [0.25, 0.3) is 0 Å². The van der Waals surface area contributed by atoms with E-state index in [0.29, 0.717) is 6.54 Å². The summed E-state index contributed by atoms with van der Waals surface area (Å²) in [5, 5.41) is 3.20. The summed E-state index contributed by atoms with van der Waals surface area (Å²) in [6.07, 6.45) is 3.50. The van der Waals surface area contributed by atoms with Crippen molar-refractivity contribution in [1.82, 2.24) is 20.1 Å². The van der Waals surface area contributed by atoms with Gasteiger partial charge in [-0.3, -0.25) is 14.7 Å². The number of ether oxygens (including phenoxy) is 1. The molecule has 2 heterocycles. The van der Waals surface area contributed by atoms with Crippen LogP contribution in [0.5, 0.6) is 5.75 Å². The molecule has 3 rings (SSSR count). The maximum absolute atomic E-state index is 12.7. The van der Waals surface area contributed by atoms with E-state index >= 15 is 0 Å². The number of aromatic nitrogens is 1. The van der Waals surface area contributed by atoms with Gasteiger partial charge < -0.3 is 15.0 Å². The highest BCUT2D eigenvalue weighted by atomic mass is 16.5. The second-order valence-electron chi connectivity index (χ2n) is 6.76. The minimum atomic E-state index is -0.205. The number of methoxy groups -OCH3 is 1. The van der Waals surface area contributed by atoms with E-state index in [2.05, 4.69) is 27.0 Å². The van der Waals surface area contributed by atoms with E-state index in [1.54, 1.807) is 19.5 Å². The number of hydrogen-bond acceptors (Lipinski definition) is 5. The standard InChI is InChI=1S/C21H28N4O2/c1-3-24-12-14-25(15-13-24)16-20(26)23-21(18-8-10-22-11-9-18)17-4-6-19(27-2)7-5-17/h4-11,21H,3,12-16H2,1-2H3,(H,23,26). The van der Waals surface area contributed by atoms with Crippen molar-refractivity contribution in [3.05, 3.63) is 59.9 Å². The predicted octanol–water partition coefficient (Wildman–Crippen LogP) is 1.93. The molecule has 6 nitrogen and oxygen atoms in total. The van der Waals surface area contributed by atoms with Gasteiger partial charge in [0.25, 0.3) is 0 Å². The zero-order chi connectivity index (χ0) is 19.1. The fraction of sp³-hybridized carbons (Fsp3) is 0.429. The van der Waals surface area contributed by atoms with Crippen LogP contribution in [0.2, 0.25) is 0 Å². The normalized spacial score (nSPS) is 16.7. The molecular formula is C21H28N4O2. The van der Waals surface area contributed by atoms with Gasteiger partial charge in [0.1, 0.15) is 5.75 Å². The number of rotatable bonds is 7. The van der Waals surface area contributed by atoms with Crippen LogP contribution in [0.3, 0.4) is 0 Å². The van der Waals surface area contributed by atoms with E-state index in [1.165, 1.54) is 0 Å². The maximum atomic E-state index is 12.7. The lowest BCUT2D eigenvalue weighted by atomic mass is 9.99. The number of benzene rings is 1. The number of nitrogens with zero attached hydrogens (tertiary/aromatic N) is 3. The molecule has 27 heavy (non-hydrogen) atoms. The van der Waals surface area contributed by atoms with Crippen molar-refractivity contribution in [3.8, 4) is 5.75 Å². The van der Waals surface area contributed by atoms with Gasteiger partial charge >= 0.3 is 0 Å². The molecule has 0 spiro atoms. The average Bonchev–Trinajstić information content (AvgIpc) is 2.73. The Bertz CT molecular complexity index is 713. The van der Waals surface area contributed by atoms with Crippen LogP contribution in [-0.2, 0) is 4.79 Å². The molecule has 1 aliphatic rings. The summed E-state index contributed by atoms with van der Waals surface area (Å²) in [5.74, 6) is 0.838. The highest BCUT2D eigenvalue weighted by Crippen LogP contribution is 2.23. The van der Waals surface area contributed by atoms with Crippen molar-refractivity contribution in [2.24, 2.45) is 0 Å². The summed E-state index contributed by atoms with van der Waals surface area (Å²) < 4.78 is 5.25. The summed E-state index contributed by atoms with van der Waals surface area (Å²) in [6.45, 7) is 7.59. The number of piperazine rings is 1. The molecule has 1 aromatic carbocycles. The van der Waals surface area contributed by atoms with Gasteiger partial charge in [0.15, 0.2) is 0 Å². The molecule has 0 radical (unpaired) electrons. The third-order valence-corrected chi connectivity index (χ3v) is 5.07. The first-order valence-electron chi connectivity index (χ1n) is 9.47. The van der Waals surface area contributed by atoms with E-state index in [-0.39, 0.29) is 11.9 Å². The quantitative estimate of drug-likeness (QED) is 0.809. The highest BCUT2D eigenvalue weighted by molar-refractivity contribution is 5.79. The zero-order valence-electron chi connectivity index (χ0n) is 16.1. The Morgan fingerprint density at radius 2 is 1.63 bits per heavy atom.